The number of anilines is 1. The van der Waals surface area contributed by atoms with Gasteiger partial charge >= 0.3 is 5.97 Å². The summed E-state index contributed by atoms with van der Waals surface area (Å²) >= 11 is 0. The Bertz CT molecular complexity index is 450. The smallest absolute Gasteiger partial charge is 0.335 e. The Morgan fingerprint density at radius 3 is 2.27 bits per heavy atom. The van der Waals surface area contributed by atoms with Crippen LogP contribution in [0.4, 0.5) is 5.69 Å². The van der Waals surface area contributed by atoms with Gasteiger partial charge in [0.25, 0.3) is 0 Å². The molecule has 1 rings (SSSR count). The zero-order valence-corrected chi connectivity index (χ0v) is 8.91. The number of carboxylic acid groups (broad SMARTS) is 1. The molecule has 0 saturated carbocycles. The molecule has 0 radical (unpaired) electrons. The summed E-state index contributed by atoms with van der Waals surface area (Å²) in [6, 6.07) is 5.51. The van der Waals surface area contributed by atoms with E-state index < -0.39 is 16.0 Å². The molecule has 0 bridgehead atoms. The van der Waals surface area contributed by atoms with Gasteiger partial charge in [0.05, 0.1) is 11.3 Å². The van der Waals surface area contributed by atoms with Crippen molar-refractivity contribution in [2.45, 2.75) is 6.92 Å². The fourth-order valence-corrected chi connectivity index (χ4v) is 1.57. The molecule has 0 aromatic heterocycles. The summed E-state index contributed by atoms with van der Waals surface area (Å²) in [6.45, 7) is 1.52. The summed E-state index contributed by atoms with van der Waals surface area (Å²) in [6.07, 6.45) is 0. The molecule has 1 aromatic rings. The van der Waals surface area contributed by atoms with E-state index >= 15 is 0 Å². The van der Waals surface area contributed by atoms with E-state index in [2.05, 4.69) is 4.72 Å². The Kier molecular flexibility index (Phi) is 3.31. The van der Waals surface area contributed by atoms with Crippen LogP contribution in [0.5, 0.6) is 0 Å². The zero-order chi connectivity index (χ0) is 11.5. The number of benzene rings is 1. The first-order chi connectivity index (χ1) is 6.94. The quantitative estimate of drug-likeness (QED) is 0.811. The van der Waals surface area contributed by atoms with Crippen molar-refractivity contribution < 1.29 is 18.3 Å². The highest BCUT2D eigenvalue weighted by atomic mass is 32.2. The molecule has 6 heteroatoms. The lowest BCUT2D eigenvalue weighted by Crippen LogP contribution is -2.14. The molecule has 0 heterocycles. The number of carboxylic acids is 1. The second-order valence-corrected chi connectivity index (χ2v) is 4.90. The fourth-order valence-electron chi connectivity index (χ4n) is 0.933. The lowest BCUT2D eigenvalue weighted by molar-refractivity contribution is 0.0697. The van der Waals surface area contributed by atoms with Crippen molar-refractivity contribution in [3.8, 4) is 0 Å². The topological polar surface area (TPSA) is 83.5 Å². The third kappa shape index (κ3) is 3.25. The van der Waals surface area contributed by atoms with Crippen LogP contribution in [-0.4, -0.2) is 25.2 Å². The molecule has 5 nitrogen and oxygen atoms in total. The van der Waals surface area contributed by atoms with Crippen molar-refractivity contribution in [2.75, 3.05) is 10.5 Å². The van der Waals surface area contributed by atoms with Crippen LogP contribution in [0, 0.1) is 0 Å². The van der Waals surface area contributed by atoms with Gasteiger partial charge in [0.2, 0.25) is 10.0 Å². The monoisotopic (exact) mass is 229 g/mol. The van der Waals surface area contributed by atoms with E-state index in [0.717, 1.165) is 0 Å². The number of hydrogen-bond donors (Lipinski definition) is 2. The summed E-state index contributed by atoms with van der Waals surface area (Å²) in [5, 5.41) is 8.62. The molecule has 1 aromatic carbocycles. The highest BCUT2D eigenvalue weighted by Crippen LogP contribution is 2.11. The molecule has 0 aliphatic carbocycles. The molecule has 15 heavy (non-hydrogen) atoms. The lowest BCUT2D eigenvalue weighted by Gasteiger charge is -2.05. The van der Waals surface area contributed by atoms with E-state index in [1.54, 1.807) is 0 Å². The van der Waals surface area contributed by atoms with Crippen molar-refractivity contribution >= 4 is 21.7 Å². The van der Waals surface area contributed by atoms with Crippen molar-refractivity contribution in [1.82, 2.24) is 0 Å². The van der Waals surface area contributed by atoms with Gasteiger partial charge < -0.3 is 5.11 Å². The molecule has 0 spiro atoms. The van der Waals surface area contributed by atoms with Gasteiger partial charge in [-0.05, 0) is 31.2 Å². The van der Waals surface area contributed by atoms with E-state index in [-0.39, 0.29) is 11.3 Å². The van der Waals surface area contributed by atoms with Gasteiger partial charge in [-0.15, -0.1) is 0 Å². The Morgan fingerprint density at radius 1 is 1.33 bits per heavy atom. The predicted molar refractivity (Wildman–Crippen MR) is 56.5 cm³/mol. The average molecular weight is 229 g/mol. The van der Waals surface area contributed by atoms with Gasteiger partial charge in [-0.25, -0.2) is 13.2 Å². The second-order valence-electron chi connectivity index (χ2n) is 2.89. The molecule has 82 valence electrons. The average Bonchev–Trinajstić information content (AvgIpc) is 2.18. The Balaban J connectivity index is 2.86. The first-order valence-corrected chi connectivity index (χ1v) is 5.93. The van der Waals surface area contributed by atoms with Crippen LogP contribution in [0.1, 0.15) is 17.3 Å². The summed E-state index contributed by atoms with van der Waals surface area (Å²) in [5.41, 5.74) is 0.483. The van der Waals surface area contributed by atoms with Gasteiger partial charge in [-0.2, -0.15) is 0 Å². The molecule has 0 unspecified atom stereocenters. The third-order valence-electron chi connectivity index (χ3n) is 1.79. The van der Waals surface area contributed by atoms with Crippen LogP contribution >= 0.6 is 0 Å². The highest BCUT2D eigenvalue weighted by molar-refractivity contribution is 7.92. The van der Waals surface area contributed by atoms with Crippen LogP contribution in [0.2, 0.25) is 0 Å². The van der Waals surface area contributed by atoms with E-state index in [1.807, 2.05) is 0 Å². The SMILES string of the molecule is CCS(=O)(=O)Nc1ccc(C(=O)O)cc1. The Hall–Kier alpha value is -1.56. The molecule has 0 aliphatic rings. The Morgan fingerprint density at radius 2 is 1.87 bits per heavy atom. The number of hydrogen-bond acceptors (Lipinski definition) is 3. The van der Waals surface area contributed by atoms with Crippen molar-refractivity contribution in [2.24, 2.45) is 0 Å². The normalized spacial score (nSPS) is 11.0. The first-order valence-electron chi connectivity index (χ1n) is 4.28. The fraction of sp³-hybridized carbons (Fsp3) is 0.222. The minimum atomic E-state index is -3.30. The van der Waals surface area contributed by atoms with Gasteiger partial charge in [-0.1, -0.05) is 0 Å². The standard InChI is InChI=1S/C9H11NO4S/c1-2-15(13,14)10-8-5-3-7(4-6-8)9(11)12/h3-6,10H,2H2,1H3,(H,11,12). The van der Waals surface area contributed by atoms with Crippen LogP contribution in [0.3, 0.4) is 0 Å². The van der Waals surface area contributed by atoms with Gasteiger partial charge in [0.1, 0.15) is 0 Å². The van der Waals surface area contributed by atoms with Crippen molar-refractivity contribution in [3.05, 3.63) is 29.8 Å². The van der Waals surface area contributed by atoms with Gasteiger partial charge in [-0.3, -0.25) is 4.72 Å². The minimum absolute atomic E-state index is 0.0202. The van der Waals surface area contributed by atoms with Gasteiger partial charge in [0.15, 0.2) is 0 Å². The first kappa shape index (κ1) is 11.5. The van der Waals surface area contributed by atoms with Crippen LogP contribution < -0.4 is 4.72 Å². The highest BCUT2D eigenvalue weighted by Gasteiger charge is 2.07. The molecule has 0 atom stereocenters. The maximum Gasteiger partial charge on any atom is 0.335 e. The molecular formula is C9H11NO4S. The predicted octanol–water partition coefficient (Wildman–Crippen LogP) is 1.15. The molecule has 2 N–H and O–H groups in total. The lowest BCUT2D eigenvalue weighted by atomic mass is 10.2. The number of sulfonamides is 1. The minimum Gasteiger partial charge on any atom is -0.478 e. The van der Waals surface area contributed by atoms with Gasteiger partial charge in [0, 0.05) is 5.69 Å². The third-order valence-corrected chi connectivity index (χ3v) is 3.09. The molecule has 0 amide bonds. The van der Waals surface area contributed by atoms with Crippen LogP contribution in [-0.2, 0) is 10.0 Å². The van der Waals surface area contributed by atoms with E-state index in [9.17, 15) is 13.2 Å². The molecule has 0 fully saturated rings. The van der Waals surface area contributed by atoms with Crippen molar-refractivity contribution in [3.63, 3.8) is 0 Å². The zero-order valence-electron chi connectivity index (χ0n) is 8.10. The maximum atomic E-state index is 11.2. The number of carbonyl (C=O) groups is 1. The van der Waals surface area contributed by atoms with Crippen molar-refractivity contribution in [1.29, 1.82) is 0 Å². The number of nitrogens with one attached hydrogen (secondary N) is 1. The van der Waals surface area contributed by atoms with Crippen LogP contribution in [0.25, 0.3) is 0 Å². The van der Waals surface area contributed by atoms with E-state index in [4.69, 9.17) is 5.11 Å². The maximum absolute atomic E-state index is 11.2. The summed E-state index contributed by atoms with van der Waals surface area (Å²) < 4.78 is 24.6. The van der Waals surface area contributed by atoms with Crippen LogP contribution in [0.15, 0.2) is 24.3 Å². The summed E-state index contributed by atoms with van der Waals surface area (Å²) in [7, 11) is -3.30. The number of aromatic carboxylic acids is 1. The second kappa shape index (κ2) is 4.31. The summed E-state index contributed by atoms with van der Waals surface area (Å²) in [4.78, 5) is 10.5. The number of rotatable bonds is 4. The molecule has 0 saturated heterocycles. The summed E-state index contributed by atoms with van der Waals surface area (Å²) in [5.74, 6) is -1.06. The molecule has 0 aliphatic heterocycles. The largest absolute Gasteiger partial charge is 0.478 e. The Labute approximate surface area is 87.8 Å². The van der Waals surface area contributed by atoms with E-state index in [0.29, 0.717) is 5.69 Å². The van der Waals surface area contributed by atoms with E-state index in [1.165, 1.54) is 31.2 Å². The molecular weight excluding hydrogens is 218 g/mol.